The summed E-state index contributed by atoms with van der Waals surface area (Å²) in [5.41, 5.74) is 0. The number of hydrogen-bond acceptors (Lipinski definition) is 3. The van der Waals surface area contributed by atoms with E-state index in [-0.39, 0.29) is 12.6 Å². The molecule has 0 rings (SSSR count). The first-order chi connectivity index (χ1) is 8.52. The van der Waals surface area contributed by atoms with Crippen LogP contribution in [0.2, 0.25) is 0 Å². The first kappa shape index (κ1) is 16.6. The van der Waals surface area contributed by atoms with Crippen molar-refractivity contribution in [2.75, 3.05) is 31.1 Å². The Hall–Kier alpha value is -1.35. The third kappa shape index (κ3) is 7.07. The third-order valence-electron chi connectivity index (χ3n) is 2.29. The number of nitrogens with zero attached hydrogens (tertiary/aromatic N) is 1. The molecule has 0 bridgehead atoms. The Labute approximate surface area is 112 Å². The van der Waals surface area contributed by atoms with Crippen molar-refractivity contribution in [1.29, 1.82) is 0 Å². The van der Waals surface area contributed by atoms with E-state index >= 15 is 0 Å². The first-order valence-electron chi connectivity index (χ1n) is 5.79. The SMILES string of the molecule is C#CCSCCNC(=O)N(CC)CC(C)C(=O)O. The first-order valence-corrected chi connectivity index (χ1v) is 6.95. The molecule has 0 aliphatic rings. The lowest BCUT2D eigenvalue weighted by Crippen LogP contribution is -2.43. The fourth-order valence-corrected chi connectivity index (χ4v) is 1.75. The number of terminal acetylenes is 1. The second-order valence-corrected chi connectivity index (χ2v) is 4.87. The molecule has 0 aliphatic heterocycles. The molecule has 0 aromatic rings. The molecule has 0 aromatic carbocycles. The quantitative estimate of drug-likeness (QED) is 0.513. The average molecular weight is 272 g/mol. The summed E-state index contributed by atoms with van der Waals surface area (Å²) in [4.78, 5) is 24.0. The number of rotatable bonds is 8. The van der Waals surface area contributed by atoms with Gasteiger partial charge in [-0.3, -0.25) is 4.79 Å². The molecule has 0 radical (unpaired) electrons. The molecular formula is C12H20N2O3S. The van der Waals surface area contributed by atoms with E-state index in [0.29, 0.717) is 18.8 Å². The molecular weight excluding hydrogens is 252 g/mol. The van der Waals surface area contributed by atoms with Crippen LogP contribution in [0.1, 0.15) is 13.8 Å². The van der Waals surface area contributed by atoms with Gasteiger partial charge in [-0.25, -0.2) is 4.79 Å². The summed E-state index contributed by atoms with van der Waals surface area (Å²) < 4.78 is 0. The van der Waals surface area contributed by atoms with Gasteiger partial charge < -0.3 is 15.3 Å². The summed E-state index contributed by atoms with van der Waals surface area (Å²) in [6, 6.07) is -0.230. The van der Waals surface area contributed by atoms with Crippen molar-refractivity contribution in [2.45, 2.75) is 13.8 Å². The number of carbonyl (C=O) groups excluding carboxylic acids is 1. The van der Waals surface area contributed by atoms with Crippen molar-refractivity contribution in [3.05, 3.63) is 0 Å². The molecule has 0 saturated heterocycles. The van der Waals surface area contributed by atoms with Crippen LogP contribution in [0.5, 0.6) is 0 Å². The van der Waals surface area contributed by atoms with Crippen molar-refractivity contribution in [2.24, 2.45) is 5.92 Å². The Kier molecular flexibility index (Phi) is 8.93. The van der Waals surface area contributed by atoms with E-state index in [2.05, 4.69) is 11.2 Å². The van der Waals surface area contributed by atoms with E-state index in [1.54, 1.807) is 18.7 Å². The number of carboxylic acid groups (broad SMARTS) is 1. The predicted octanol–water partition coefficient (Wildman–Crippen LogP) is 1.10. The molecule has 6 heteroatoms. The Morgan fingerprint density at radius 2 is 2.22 bits per heavy atom. The van der Waals surface area contributed by atoms with Crippen molar-refractivity contribution in [1.82, 2.24) is 10.2 Å². The molecule has 1 unspecified atom stereocenters. The van der Waals surface area contributed by atoms with E-state index in [0.717, 1.165) is 5.75 Å². The van der Waals surface area contributed by atoms with Gasteiger partial charge in [-0.1, -0.05) is 12.8 Å². The smallest absolute Gasteiger partial charge is 0.317 e. The molecule has 102 valence electrons. The number of aliphatic carboxylic acids is 1. The Morgan fingerprint density at radius 1 is 1.56 bits per heavy atom. The lowest BCUT2D eigenvalue weighted by Gasteiger charge is -2.23. The van der Waals surface area contributed by atoms with Gasteiger partial charge in [-0.15, -0.1) is 18.2 Å². The fraction of sp³-hybridized carbons (Fsp3) is 0.667. The normalized spacial score (nSPS) is 11.4. The highest BCUT2D eigenvalue weighted by atomic mass is 32.2. The minimum atomic E-state index is -0.897. The van der Waals surface area contributed by atoms with Crippen LogP contribution in [0.15, 0.2) is 0 Å². The maximum absolute atomic E-state index is 11.7. The van der Waals surface area contributed by atoms with Crippen molar-refractivity contribution < 1.29 is 14.7 Å². The molecule has 0 spiro atoms. The van der Waals surface area contributed by atoms with E-state index in [9.17, 15) is 9.59 Å². The molecule has 0 aromatic heterocycles. The minimum absolute atomic E-state index is 0.217. The van der Waals surface area contributed by atoms with Gasteiger partial charge in [0.05, 0.1) is 11.7 Å². The highest BCUT2D eigenvalue weighted by molar-refractivity contribution is 7.99. The van der Waals surface area contributed by atoms with Crippen molar-refractivity contribution >= 4 is 23.8 Å². The number of thioether (sulfide) groups is 1. The highest BCUT2D eigenvalue weighted by Crippen LogP contribution is 2.01. The number of carboxylic acids is 1. The lowest BCUT2D eigenvalue weighted by atomic mass is 10.2. The molecule has 5 nitrogen and oxygen atoms in total. The monoisotopic (exact) mass is 272 g/mol. The van der Waals surface area contributed by atoms with Crippen LogP contribution >= 0.6 is 11.8 Å². The second kappa shape index (κ2) is 9.66. The lowest BCUT2D eigenvalue weighted by molar-refractivity contribution is -0.141. The zero-order valence-corrected chi connectivity index (χ0v) is 11.6. The summed E-state index contributed by atoms with van der Waals surface area (Å²) >= 11 is 1.57. The van der Waals surface area contributed by atoms with Crippen LogP contribution in [-0.4, -0.2) is 53.1 Å². The number of amides is 2. The van der Waals surface area contributed by atoms with E-state index in [4.69, 9.17) is 11.5 Å². The average Bonchev–Trinajstić information content (AvgIpc) is 2.34. The molecule has 18 heavy (non-hydrogen) atoms. The zero-order valence-electron chi connectivity index (χ0n) is 10.8. The minimum Gasteiger partial charge on any atom is -0.481 e. The van der Waals surface area contributed by atoms with Gasteiger partial charge in [0.1, 0.15) is 0 Å². The van der Waals surface area contributed by atoms with Gasteiger partial charge in [0.15, 0.2) is 0 Å². The topological polar surface area (TPSA) is 69.6 Å². The molecule has 0 aliphatic carbocycles. The largest absolute Gasteiger partial charge is 0.481 e. The van der Waals surface area contributed by atoms with Crippen LogP contribution in [0.25, 0.3) is 0 Å². The van der Waals surface area contributed by atoms with Gasteiger partial charge in [-0.05, 0) is 6.92 Å². The maximum atomic E-state index is 11.7. The Balaban J connectivity index is 3.96. The second-order valence-electron chi connectivity index (χ2n) is 3.77. The van der Waals surface area contributed by atoms with Crippen LogP contribution in [0.4, 0.5) is 4.79 Å². The van der Waals surface area contributed by atoms with Crippen LogP contribution in [0.3, 0.4) is 0 Å². The van der Waals surface area contributed by atoms with Crippen LogP contribution < -0.4 is 5.32 Å². The molecule has 0 saturated carbocycles. The van der Waals surface area contributed by atoms with Gasteiger partial charge in [0.25, 0.3) is 0 Å². The van der Waals surface area contributed by atoms with Crippen LogP contribution in [-0.2, 0) is 4.79 Å². The maximum Gasteiger partial charge on any atom is 0.317 e. The zero-order chi connectivity index (χ0) is 14.0. The van der Waals surface area contributed by atoms with E-state index < -0.39 is 11.9 Å². The van der Waals surface area contributed by atoms with Gasteiger partial charge in [0, 0.05) is 25.4 Å². The highest BCUT2D eigenvalue weighted by Gasteiger charge is 2.18. The summed E-state index contributed by atoms with van der Waals surface area (Å²) in [6.07, 6.45) is 5.10. The van der Waals surface area contributed by atoms with Gasteiger partial charge in [0.2, 0.25) is 0 Å². The van der Waals surface area contributed by atoms with E-state index in [1.807, 2.05) is 6.92 Å². The van der Waals surface area contributed by atoms with Gasteiger partial charge >= 0.3 is 12.0 Å². The predicted molar refractivity (Wildman–Crippen MR) is 73.6 cm³/mol. The third-order valence-corrected chi connectivity index (χ3v) is 3.16. The van der Waals surface area contributed by atoms with E-state index in [1.165, 1.54) is 4.90 Å². The Morgan fingerprint density at radius 3 is 2.72 bits per heavy atom. The molecule has 1 atom stereocenters. The fourth-order valence-electron chi connectivity index (χ4n) is 1.24. The van der Waals surface area contributed by atoms with Gasteiger partial charge in [-0.2, -0.15) is 0 Å². The summed E-state index contributed by atoms with van der Waals surface area (Å²) in [5, 5.41) is 11.5. The number of urea groups is 1. The molecule has 0 fully saturated rings. The number of carbonyl (C=O) groups is 2. The number of nitrogens with one attached hydrogen (secondary N) is 1. The number of hydrogen-bond donors (Lipinski definition) is 2. The summed E-state index contributed by atoms with van der Waals surface area (Å²) in [6.45, 7) is 4.64. The molecule has 0 heterocycles. The summed E-state index contributed by atoms with van der Waals surface area (Å²) in [7, 11) is 0. The molecule has 2 N–H and O–H groups in total. The van der Waals surface area contributed by atoms with Crippen molar-refractivity contribution in [3.8, 4) is 12.3 Å². The standard InChI is InChI=1S/C12H20N2O3S/c1-4-7-18-8-6-13-12(17)14(5-2)9-10(3)11(15)16/h1,10H,5-9H2,2-3H3,(H,13,17)(H,15,16). The van der Waals surface area contributed by atoms with Crippen molar-refractivity contribution in [3.63, 3.8) is 0 Å². The Bertz CT molecular complexity index is 315. The summed E-state index contributed by atoms with van der Waals surface area (Å²) in [5.74, 6) is 2.42. The molecule has 2 amide bonds. The van der Waals surface area contributed by atoms with Crippen LogP contribution in [0, 0.1) is 18.3 Å².